The molecule has 15 heavy (non-hydrogen) atoms. The van der Waals surface area contributed by atoms with E-state index in [1.54, 1.807) is 23.5 Å². The molecular weight excluding hydrogens is 234 g/mol. The number of rotatable bonds is 2. The molecule has 0 radical (unpaired) electrons. The number of carbonyl (C=O) groups is 1. The summed E-state index contributed by atoms with van der Waals surface area (Å²) in [6.07, 6.45) is -0.0641. The maximum Gasteiger partial charge on any atom is 0.307 e. The number of halogens is 1. The highest BCUT2D eigenvalue weighted by molar-refractivity contribution is 7.18. The van der Waals surface area contributed by atoms with E-state index in [-0.39, 0.29) is 6.42 Å². The Morgan fingerprint density at radius 2 is 2.33 bits per heavy atom. The molecule has 0 bridgehead atoms. The summed E-state index contributed by atoms with van der Waals surface area (Å²) >= 11 is 7.52. The number of thiazole rings is 1. The zero-order chi connectivity index (χ0) is 11.0. The third-order valence-electron chi connectivity index (χ3n) is 2.01. The minimum absolute atomic E-state index is 0.0641. The molecule has 0 fully saturated rings. The van der Waals surface area contributed by atoms with E-state index in [0.29, 0.717) is 10.6 Å². The van der Waals surface area contributed by atoms with E-state index in [2.05, 4.69) is 4.98 Å². The lowest BCUT2D eigenvalue weighted by Crippen LogP contribution is -2.00. The first-order valence-corrected chi connectivity index (χ1v) is 5.53. The van der Waals surface area contributed by atoms with Crippen LogP contribution < -0.4 is 0 Å². The number of carboxylic acid groups (broad SMARTS) is 1. The highest BCUT2D eigenvalue weighted by Gasteiger charge is 2.09. The molecule has 2 rings (SSSR count). The Bertz CT molecular complexity index is 535. The van der Waals surface area contributed by atoms with Gasteiger partial charge in [-0.3, -0.25) is 4.79 Å². The van der Waals surface area contributed by atoms with Crippen LogP contribution in [0.25, 0.3) is 10.2 Å². The maximum atomic E-state index is 10.6. The molecule has 78 valence electrons. The van der Waals surface area contributed by atoms with Crippen LogP contribution >= 0.6 is 22.9 Å². The fraction of sp³-hybridized carbons (Fsp3) is 0.200. The van der Waals surface area contributed by atoms with E-state index < -0.39 is 5.97 Å². The van der Waals surface area contributed by atoms with Gasteiger partial charge in [0.15, 0.2) is 0 Å². The SMILES string of the molecule is Cc1nc2cc(CC(=O)O)c(Cl)cc2s1. The van der Waals surface area contributed by atoms with Crippen molar-refractivity contribution in [2.75, 3.05) is 0 Å². The molecule has 0 aliphatic heterocycles. The van der Waals surface area contributed by atoms with Gasteiger partial charge in [0.05, 0.1) is 21.6 Å². The van der Waals surface area contributed by atoms with Crippen LogP contribution in [0, 0.1) is 6.92 Å². The molecule has 0 aliphatic carbocycles. The van der Waals surface area contributed by atoms with Crippen LogP contribution in [-0.4, -0.2) is 16.1 Å². The smallest absolute Gasteiger partial charge is 0.307 e. The Kier molecular flexibility index (Phi) is 2.63. The second-order valence-electron chi connectivity index (χ2n) is 3.21. The molecule has 0 saturated heterocycles. The van der Waals surface area contributed by atoms with Crippen molar-refractivity contribution in [3.8, 4) is 0 Å². The molecule has 1 heterocycles. The quantitative estimate of drug-likeness (QED) is 0.880. The lowest BCUT2D eigenvalue weighted by Gasteiger charge is -2.00. The van der Waals surface area contributed by atoms with Crippen LogP contribution in [0.4, 0.5) is 0 Å². The van der Waals surface area contributed by atoms with Crippen LogP contribution in [-0.2, 0) is 11.2 Å². The molecule has 1 N–H and O–H groups in total. The zero-order valence-electron chi connectivity index (χ0n) is 7.95. The molecule has 0 aliphatic rings. The minimum atomic E-state index is -0.886. The Morgan fingerprint density at radius 3 is 3.00 bits per heavy atom. The summed E-state index contributed by atoms with van der Waals surface area (Å²) in [6, 6.07) is 3.52. The number of benzene rings is 1. The van der Waals surface area contributed by atoms with Crippen LogP contribution in [0.5, 0.6) is 0 Å². The normalized spacial score (nSPS) is 10.8. The molecule has 0 unspecified atom stereocenters. The average molecular weight is 242 g/mol. The number of aliphatic carboxylic acids is 1. The molecule has 1 aromatic carbocycles. The van der Waals surface area contributed by atoms with Crippen molar-refractivity contribution < 1.29 is 9.90 Å². The fourth-order valence-electron chi connectivity index (χ4n) is 1.41. The molecular formula is C10H8ClNO2S. The highest BCUT2D eigenvalue weighted by atomic mass is 35.5. The number of hydrogen-bond acceptors (Lipinski definition) is 3. The molecule has 0 amide bonds. The van der Waals surface area contributed by atoms with Gasteiger partial charge in [0, 0.05) is 5.02 Å². The van der Waals surface area contributed by atoms with E-state index in [0.717, 1.165) is 15.2 Å². The van der Waals surface area contributed by atoms with E-state index in [4.69, 9.17) is 16.7 Å². The summed E-state index contributed by atoms with van der Waals surface area (Å²) < 4.78 is 0.992. The van der Waals surface area contributed by atoms with Crippen molar-refractivity contribution >= 4 is 39.1 Å². The lowest BCUT2D eigenvalue weighted by molar-refractivity contribution is -0.136. The Hall–Kier alpha value is -1.13. The summed E-state index contributed by atoms with van der Waals surface area (Å²) in [7, 11) is 0. The van der Waals surface area contributed by atoms with Gasteiger partial charge < -0.3 is 5.11 Å². The van der Waals surface area contributed by atoms with Crippen molar-refractivity contribution in [3.05, 3.63) is 27.7 Å². The highest BCUT2D eigenvalue weighted by Crippen LogP contribution is 2.28. The van der Waals surface area contributed by atoms with Crippen LogP contribution in [0.3, 0.4) is 0 Å². The fourth-order valence-corrected chi connectivity index (χ4v) is 2.55. The van der Waals surface area contributed by atoms with Crippen molar-refractivity contribution in [1.29, 1.82) is 0 Å². The Morgan fingerprint density at radius 1 is 1.60 bits per heavy atom. The van der Waals surface area contributed by atoms with Crippen LogP contribution in [0.2, 0.25) is 5.02 Å². The van der Waals surface area contributed by atoms with Gasteiger partial charge in [-0.25, -0.2) is 4.98 Å². The molecule has 0 spiro atoms. The first-order valence-electron chi connectivity index (χ1n) is 4.33. The first kappa shape index (κ1) is 10.4. The van der Waals surface area contributed by atoms with Gasteiger partial charge in [-0.15, -0.1) is 11.3 Å². The third kappa shape index (κ3) is 2.11. The summed E-state index contributed by atoms with van der Waals surface area (Å²) in [6.45, 7) is 1.91. The van der Waals surface area contributed by atoms with Crippen molar-refractivity contribution in [3.63, 3.8) is 0 Å². The zero-order valence-corrected chi connectivity index (χ0v) is 9.52. The molecule has 1 aromatic heterocycles. The monoisotopic (exact) mass is 241 g/mol. The molecule has 0 atom stereocenters. The van der Waals surface area contributed by atoms with Crippen LogP contribution in [0.15, 0.2) is 12.1 Å². The van der Waals surface area contributed by atoms with Crippen molar-refractivity contribution in [2.45, 2.75) is 13.3 Å². The molecule has 0 saturated carbocycles. The van der Waals surface area contributed by atoms with Gasteiger partial charge in [-0.05, 0) is 24.6 Å². The number of aromatic nitrogens is 1. The minimum Gasteiger partial charge on any atom is -0.481 e. The second-order valence-corrected chi connectivity index (χ2v) is 4.86. The van der Waals surface area contributed by atoms with Gasteiger partial charge in [-0.1, -0.05) is 11.6 Å². The Balaban J connectivity index is 2.55. The van der Waals surface area contributed by atoms with E-state index in [1.165, 1.54) is 0 Å². The number of hydrogen-bond donors (Lipinski definition) is 1. The first-order chi connectivity index (χ1) is 7.06. The van der Waals surface area contributed by atoms with E-state index in [9.17, 15) is 4.79 Å². The second kappa shape index (κ2) is 3.79. The van der Waals surface area contributed by atoms with Crippen molar-refractivity contribution in [1.82, 2.24) is 4.98 Å². The average Bonchev–Trinajstić information content (AvgIpc) is 2.44. The van der Waals surface area contributed by atoms with Gasteiger partial charge in [0.25, 0.3) is 0 Å². The summed E-state index contributed by atoms with van der Waals surface area (Å²) in [5.74, 6) is -0.886. The topological polar surface area (TPSA) is 50.2 Å². The molecule has 2 aromatic rings. The Labute approximate surface area is 95.3 Å². The van der Waals surface area contributed by atoms with Crippen LogP contribution in [0.1, 0.15) is 10.6 Å². The number of nitrogens with zero attached hydrogens (tertiary/aromatic N) is 1. The molecule has 3 nitrogen and oxygen atoms in total. The predicted octanol–water partition coefficient (Wildman–Crippen LogP) is 2.89. The van der Waals surface area contributed by atoms with E-state index >= 15 is 0 Å². The number of carboxylic acids is 1. The number of fused-ring (bicyclic) bond motifs is 1. The van der Waals surface area contributed by atoms with Crippen molar-refractivity contribution in [2.24, 2.45) is 0 Å². The number of aryl methyl sites for hydroxylation is 1. The van der Waals surface area contributed by atoms with E-state index in [1.807, 2.05) is 6.92 Å². The summed E-state index contributed by atoms with van der Waals surface area (Å²) in [4.78, 5) is 14.9. The predicted molar refractivity (Wildman–Crippen MR) is 60.7 cm³/mol. The standard InChI is InChI=1S/C10H8ClNO2S/c1-5-12-8-2-6(3-10(13)14)7(11)4-9(8)15-5/h2,4H,3H2,1H3,(H,13,14). The summed E-state index contributed by atoms with van der Waals surface area (Å²) in [5, 5.41) is 10.1. The largest absolute Gasteiger partial charge is 0.481 e. The van der Waals surface area contributed by atoms with Gasteiger partial charge in [0.1, 0.15) is 0 Å². The van der Waals surface area contributed by atoms with Gasteiger partial charge in [0.2, 0.25) is 0 Å². The lowest BCUT2D eigenvalue weighted by atomic mass is 10.1. The molecule has 5 heteroatoms. The third-order valence-corrected chi connectivity index (χ3v) is 3.29. The maximum absolute atomic E-state index is 10.6. The van der Waals surface area contributed by atoms with Gasteiger partial charge in [-0.2, -0.15) is 0 Å². The summed E-state index contributed by atoms with van der Waals surface area (Å²) in [5.41, 5.74) is 1.43. The van der Waals surface area contributed by atoms with Gasteiger partial charge >= 0.3 is 5.97 Å².